The molecule has 3 rings (SSSR count). The van der Waals surface area contributed by atoms with E-state index in [9.17, 15) is 14.7 Å². The molecule has 0 saturated carbocycles. The van der Waals surface area contributed by atoms with Crippen LogP contribution in [0.3, 0.4) is 0 Å². The first kappa shape index (κ1) is 17.0. The Kier molecular flexibility index (Phi) is 4.74. The Balaban J connectivity index is 1.55. The molecule has 1 saturated heterocycles. The number of ketones is 1. The SMILES string of the molecule is Cc1nc(NC(=O)N2CCC(C(=O)c3ccc(O)cc3)CC2)oc1C. The fourth-order valence-electron chi connectivity index (χ4n) is 2.90. The smallest absolute Gasteiger partial charge is 0.325 e. The number of piperidine rings is 1. The van der Waals surface area contributed by atoms with Crippen LogP contribution in [0.1, 0.15) is 34.7 Å². The number of hydrogen-bond donors (Lipinski definition) is 2. The number of nitrogens with one attached hydrogen (secondary N) is 1. The molecule has 25 heavy (non-hydrogen) atoms. The molecule has 1 fully saturated rings. The zero-order chi connectivity index (χ0) is 18.0. The maximum Gasteiger partial charge on any atom is 0.325 e. The van der Waals surface area contributed by atoms with Crippen LogP contribution in [0.25, 0.3) is 0 Å². The third kappa shape index (κ3) is 3.81. The first-order valence-corrected chi connectivity index (χ1v) is 8.27. The molecule has 2 heterocycles. The summed E-state index contributed by atoms with van der Waals surface area (Å²) in [6.45, 7) is 4.60. The number of aromatic nitrogens is 1. The molecule has 132 valence electrons. The number of anilines is 1. The van der Waals surface area contributed by atoms with Gasteiger partial charge in [0.25, 0.3) is 0 Å². The largest absolute Gasteiger partial charge is 0.508 e. The van der Waals surface area contributed by atoms with Crippen LogP contribution in [0.2, 0.25) is 0 Å². The summed E-state index contributed by atoms with van der Waals surface area (Å²) in [6, 6.07) is 6.21. The van der Waals surface area contributed by atoms with E-state index >= 15 is 0 Å². The van der Waals surface area contributed by atoms with E-state index in [0.717, 1.165) is 5.69 Å². The van der Waals surface area contributed by atoms with Gasteiger partial charge in [0.2, 0.25) is 0 Å². The number of oxazole rings is 1. The van der Waals surface area contributed by atoms with Gasteiger partial charge in [-0.15, -0.1) is 0 Å². The minimum atomic E-state index is -0.267. The molecular formula is C18H21N3O4. The quantitative estimate of drug-likeness (QED) is 0.835. The van der Waals surface area contributed by atoms with Gasteiger partial charge in [-0.2, -0.15) is 4.98 Å². The fourth-order valence-corrected chi connectivity index (χ4v) is 2.90. The Morgan fingerprint density at radius 2 is 1.84 bits per heavy atom. The molecule has 2 aromatic rings. The highest BCUT2D eigenvalue weighted by Gasteiger charge is 2.28. The number of Topliss-reactive ketones (excluding diaryl/α,β-unsaturated/α-hetero) is 1. The summed E-state index contributed by atoms with van der Waals surface area (Å²) in [5.41, 5.74) is 1.33. The number of phenolic OH excluding ortho intramolecular Hbond substituents is 1. The summed E-state index contributed by atoms with van der Waals surface area (Å²) in [4.78, 5) is 30.6. The van der Waals surface area contributed by atoms with Gasteiger partial charge in [0.15, 0.2) is 5.78 Å². The normalized spacial score (nSPS) is 15.2. The predicted molar refractivity (Wildman–Crippen MR) is 91.7 cm³/mol. The van der Waals surface area contributed by atoms with Crippen molar-refractivity contribution in [3.8, 4) is 5.75 Å². The van der Waals surface area contributed by atoms with E-state index in [1.165, 1.54) is 12.1 Å². The molecule has 0 unspecified atom stereocenters. The topological polar surface area (TPSA) is 95.7 Å². The number of hydrogen-bond acceptors (Lipinski definition) is 5. The lowest BCUT2D eigenvalue weighted by molar-refractivity contribution is 0.0859. The van der Waals surface area contributed by atoms with E-state index in [4.69, 9.17) is 4.42 Å². The average molecular weight is 343 g/mol. The van der Waals surface area contributed by atoms with Gasteiger partial charge in [0.05, 0.1) is 5.69 Å². The lowest BCUT2D eigenvalue weighted by Crippen LogP contribution is -2.42. The highest BCUT2D eigenvalue weighted by molar-refractivity contribution is 5.98. The van der Waals surface area contributed by atoms with E-state index in [-0.39, 0.29) is 29.5 Å². The van der Waals surface area contributed by atoms with Crippen LogP contribution in [-0.4, -0.2) is 39.9 Å². The molecule has 1 aliphatic heterocycles. The second kappa shape index (κ2) is 6.96. The zero-order valence-electron chi connectivity index (χ0n) is 14.3. The molecular weight excluding hydrogens is 322 g/mol. The summed E-state index contributed by atoms with van der Waals surface area (Å²) in [6.07, 6.45) is 1.22. The van der Waals surface area contributed by atoms with Crippen LogP contribution >= 0.6 is 0 Å². The number of aromatic hydroxyl groups is 1. The van der Waals surface area contributed by atoms with Crippen molar-refractivity contribution in [1.29, 1.82) is 0 Å². The summed E-state index contributed by atoms with van der Waals surface area (Å²) in [5.74, 6) is 0.757. The van der Waals surface area contributed by atoms with Crippen molar-refractivity contribution in [2.75, 3.05) is 18.4 Å². The molecule has 0 bridgehead atoms. The molecule has 0 spiro atoms. The van der Waals surface area contributed by atoms with Gasteiger partial charge in [0.1, 0.15) is 11.5 Å². The third-order valence-corrected chi connectivity index (χ3v) is 4.55. The molecule has 0 atom stereocenters. The van der Waals surface area contributed by atoms with Gasteiger partial charge in [-0.25, -0.2) is 4.79 Å². The first-order chi connectivity index (χ1) is 11.9. The number of benzene rings is 1. The van der Waals surface area contributed by atoms with Gasteiger partial charge in [-0.3, -0.25) is 10.1 Å². The van der Waals surface area contributed by atoms with Crippen LogP contribution in [-0.2, 0) is 0 Å². The van der Waals surface area contributed by atoms with Gasteiger partial charge >= 0.3 is 12.0 Å². The number of carbonyl (C=O) groups is 2. The van der Waals surface area contributed by atoms with Crippen molar-refractivity contribution in [2.45, 2.75) is 26.7 Å². The minimum Gasteiger partial charge on any atom is -0.508 e. The lowest BCUT2D eigenvalue weighted by atomic mass is 9.89. The van der Waals surface area contributed by atoms with Crippen molar-refractivity contribution in [2.24, 2.45) is 5.92 Å². The first-order valence-electron chi connectivity index (χ1n) is 8.27. The van der Waals surface area contributed by atoms with Gasteiger partial charge in [-0.05, 0) is 51.0 Å². The van der Waals surface area contributed by atoms with Gasteiger partial charge in [0, 0.05) is 24.6 Å². The Morgan fingerprint density at radius 1 is 1.20 bits per heavy atom. The monoisotopic (exact) mass is 343 g/mol. The number of aryl methyl sites for hydroxylation is 2. The highest BCUT2D eigenvalue weighted by atomic mass is 16.4. The van der Waals surface area contributed by atoms with Crippen LogP contribution < -0.4 is 5.32 Å². The number of amides is 2. The molecule has 7 heteroatoms. The number of likely N-dealkylation sites (tertiary alicyclic amines) is 1. The molecule has 0 radical (unpaired) electrons. The second-order valence-electron chi connectivity index (χ2n) is 6.26. The van der Waals surface area contributed by atoms with E-state index in [2.05, 4.69) is 10.3 Å². The average Bonchev–Trinajstić information content (AvgIpc) is 2.92. The second-order valence-corrected chi connectivity index (χ2v) is 6.26. The van der Waals surface area contributed by atoms with Crippen molar-refractivity contribution >= 4 is 17.8 Å². The lowest BCUT2D eigenvalue weighted by Gasteiger charge is -2.30. The molecule has 0 aliphatic carbocycles. The predicted octanol–water partition coefficient (Wildman–Crippen LogP) is 3.12. The van der Waals surface area contributed by atoms with Crippen molar-refractivity contribution in [3.63, 3.8) is 0 Å². The molecule has 1 aromatic heterocycles. The zero-order valence-corrected chi connectivity index (χ0v) is 14.3. The van der Waals surface area contributed by atoms with E-state index < -0.39 is 0 Å². The Morgan fingerprint density at radius 3 is 2.40 bits per heavy atom. The van der Waals surface area contributed by atoms with Crippen molar-refractivity contribution in [3.05, 3.63) is 41.3 Å². The van der Waals surface area contributed by atoms with Gasteiger partial charge < -0.3 is 14.4 Å². The van der Waals surface area contributed by atoms with Crippen LogP contribution in [0, 0.1) is 19.8 Å². The van der Waals surface area contributed by atoms with Crippen LogP contribution in [0.15, 0.2) is 28.7 Å². The minimum absolute atomic E-state index is 0.0546. The van der Waals surface area contributed by atoms with E-state index in [1.807, 2.05) is 6.92 Å². The summed E-state index contributed by atoms with van der Waals surface area (Å²) in [7, 11) is 0. The highest BCUT2D eigenvalue weighted by Crippen LogP contribution is 2.23. The number of phenols is 1. The number of nitrogens with zero attached hydrogens (tertiary/aromatic N) is 2. The maximum absolute atomic E-state index is 12.5. The van der Waals surface area contributed by atoms with Crippen molar-refractivity contribution < 1.29 is 19.1 Å². The fraction of sp³-hybridized carbons (Fsp3) is 0.389. The Hall–Kier alpha value is -2.83. The summed E-state index contributed by atoms with van der Waals surface area (Å²) in [5, 5.41) is 12.0. The van der Waals surface area contributed by atoms with Crippen LogP contribution in [0.4, 0.5) is 10.8 Å². The van der Waals surface area contributed by atoms with Crippen molar-refractivity contribution in [1.82, 2.24) is 9.88 Å². The van der Waals surface area contributed by atoms with Crippen LogP contribution in [0.5, 0.6) is 5.75 Å². The Bertz CT molecular complexity index is 755. The molecule has 1 aromatic carbocycles. The molecule has 7 nitrogen and oxygen atoms in total. The molecule has 2 amide bonds. The summed E-state index contributed by atoms with van der Waals surface area (Å²) >= 11 is 0. The van der Waals surface area contributed by atoms with E-state index in [0.29, 0.717) is 37.3 Å². The standard InChI is InChI=1S/C18H21N3O4/c1-11-12(2)25-17(19-11)20-18(24)21-9-7-14(8-10-21)16(23)13-3-5-15(22)6-4-13/h3-6,14,22H,7-10H2,1-2H3,(H,19,20,24). The summed E-state index contributed by atoms with van der Waals surface area (Å²) < 4.78 is 5.36. The Labute approximate surface area is 145 Å². The number of rotatable bonds is 3. The van der Waals surface area contributed by atoms with E-state index in [1.54, 1.807) is 24.0 Å². The molecule has 2 N–H and O–H groups in total. The molecule has 1 aliphatic rings. The maximum atomic E-state index is 12.5. The third-order valence-electron chi connectivity index (χ3n) is 4.55. The number of carbonyl (C=O) groups excluding carboxylic acids is 2. The van der Waals surface area contributed by atoms with Gasteiger partial charge in [-0.1, -0.05) is 0 Å². The number of urea groups is 1.